The van der Waals surface area contributed by atoms with E-state index in [1.807, 2.05) is 19.2 Å². The van der Waals surface area contributed by atoms with Gasteiger partial charge in [-0.05, 0) is 13.0 Å². The Labute approximate surface area is 96.9 Å². The number of hydrogen-bond donors (Lipinski definition) is 0. The lowest BCUT2D eigenvalue weighted by Crippen LogP contribution is -2.04. The first-order chi connectivity index (χ1) is 7.22. The lowest BCUT2D eigenvalue weighted by molar-refractivity contribution is 0.814. The third kappa shape index (κ3) is 1.96. The fourth-order valence-electron chi connectivity index (χ4n) is 1.23. The molecule has 2 aromatic heterocycles. The number of nitrogens with zero attached hydrogens (tertiary/aromatic N) is 4. The summed E-state index contributed by atoms with van der Waals surface area (Å²) in [6.07, 6.45) is 3.20. The molecular formula is C9H8Cl2N4. The van der Waals surface area contributed by atoms with E-state index in [1.165, 1.54) is 6.33 Å². The maximum Gasteiger partial charge on any atom is 0.162 e. The van der Waals surface area contributed by atoms with Crippen molar-refractivity contribution >= 4 is 23.2 Å². The molecule has 0 aromatic carbocycles. The largest absolute Gasteiger partial charge is 0.224 e. The zero-order valence-electron chi connectivity index (χ0n) is 7.98. The van der Waals surface area contributed by atoms with E-state index in [-0.39, 0.29) is 5.88 Å². The quantitative estimate of drug-likeness (QED) is 0.600. The van der Waals surface area contributed by atoms with Gasteiger partial charge in [0.05, 0.1) is 11.6 Å². The zero-order chi connectivity index (χ0) is 10.8. The van der Waals surface area contributed by atoms with Crippen LogP contribution in [-0.2, 0) is 5.88 Å². The Morgan fingerprint density at radius 1 is 1.40 bits per heavy atom. The molecule has 0 aliphatic carbocycles. The number of alkyl halides is 1. The van der Waals surface area contributed by atoms with Crippen molar-refractivity contribution in [3.8, 4) is 5.82 Å². The molecule has 0 N–H and O–H groups in total. The monoisotopic (exact) mass is 242 g/mol. The van der Waals surface area contributed by atoms with Gasteiger partial charge in [0.15, 0.2) is 5.82 Å². The second kappa shape index (κ2) is 4.16. The van der Waals surface area contributed by atoms with E-state index in [2.05, 4.69) is 15.1 Å². The molecule has 0 fully saturated rings. The molecule has 2 heterocycles. The van der Waals surface area contributed by atoms with Crippen LogP contribution in [0.15, 0.2) is 18.6 Å². The van der Waals surface area contributed by atoms with Gasteiger partial charge >= 0.3 is 0 Å². The van der Waals surface area contributed by atoms with Crippen molar-refractivity contribution in [2.75, 3.05) is 0 Å². The van der Waals surface area contributed by atoms with E-state index < -0.39 is 0 Å². The smallest absolute Gasteiger partial charge is 0.162 e. The van der Waals surface area contributed by atoms with Crippen molar-refractivity contribution in [1.82, 2.24) is 19.7 Å². The van der Waals surface area contributed by atoms with Crippen LogP contribution in [0.3, 0.4) is 0 Å². The first kappa shape index (κ1) is 10.4. The maximum absolute atomic E-state index is 5.91. The molecule has 0 unspecified atom stereocenters. The summed E-state index contributed by atoms with van der Waals surface area (Å²) in [5.41, 5.74) is 1.59. The van der Waals surface area contributed by atoms with Crippen LogP contribution in [0.1, 0.15) is 11.3 Å². The Morgan fingerprint density at radius 2 is 2.20 bits per heavy atom. The maximum atomic E-state index is 5.91. The minimum Gasteiger partial charge on any atom is -0.224 e. The highest BCUT2D eigenvalue weighted by Crippen LogP contribution is 2.20. The number of aromatic nitrogens is 4. The van der Waals surface area contributed by atoms with Crippen LogP contribution in [-0.4, -0.2) is 19.7 Å². The molecule has 0 radical (unpaired) electrons. The van der Waals surface area contributed by atoms with Crippen molar-refractivity contribution in [1.29, 1.82) is 0 Å². The van der Waals surface area contributed by atoms with Crippen molar-refractivity contribution in [3.63, 3.8) is 0 Å². The van der Waals surface area contributed by atoms with E-state index in [9.17, 15) is 0 Å². The van der Waals surface area contributed by atoms with Gasteiger partial charge in [0.1, 0.15) is 11.5 Å². The predicted molar refractivity (Wildman–Crippen MR) is 58.5 cm³/mol. The Kier molecular flexibility index (Phi) is 2.88. The first-order valence-corrected chi connectivity index (χ1v) is 5.21. The molecule has 0 amide bonds. The van der Waals surface area contributed by atoms with Gasteiger partial charge in [0.2, 0.25) is 0 Å². The molecule has 15 heavy (non-hydrogen) atoms. The highest BCUT2D eigenvalue weighted by atomic mass is 35.5. The fourth-order valence-corrected chi connectivity index (χ4v) is 1.74. The molecule has 0 aliphatic rings. The van der Waals surface area contributed by atoms with Crippen molar-refractivity contribution in [2.24, 2.45) is 0 Å². The predicted octanol–water partition coefficient (Wildman–Crippen LogP) is 2.36. The van der Waals surface area contributed by atoms with Gasteiger partial charge in [-0.2, -0.15) is 5.10 Å². The lowest BCUT2D eigenvalue weighted by Gasteiger charge is -2.06. The number of rotatable bonds is 2. The molecule has 0 saturated heterocycles. The van der Waals surface area contributed by atoms with Crippen LogP contribution in [0.2, 0.25) is 5.15 Å². The highest BCUT2D eigenvalue weighted by Gasteiger charge is 2.10. The average molecular weight is 243 g/mol. The van der Waals surface area contributed by atoms with Gasteiger partial charge in [-0.25, -0.2) is 14.6 Å². The molecule has 0 saturated carbocycles. The van der Waals surface area contributed by atoms with Crippen molar-refractivity contribution < 1.29 is 0 Å². The topological polar surface area (TPSA) is 43.6 Å². The second-order valence-corrected chi connectivity index (χ2v) is 3.63. The Morgan fingerprint density at radius 3 is 2.80 bits per heavy atom. The van der Waals surface area contributed by atoms with Crippen molar-refractivity contribution in [2.45, 2.75) is 12.8 Å². The molecule has 2 aromatic rings. The molecule has 0 aliphatic heterocycles. The van der Waals surface area contributed by atoms with Gasteiger partial charge in [0.25, 0.3) is 0 Å². The van der Waals surface area contributed by atoms with Crippen LogP contribution in [0.25, 0.3) is 5.82 Å². The minimum absolute atomic E-state index is 0.258. The Balaban J connectivity index is 2.57. The number of hydrogen-bond acceptors (Lipinski definition) is 3. The van der Waals surface area contributed by atoms with E-state index in [0.717, 1.165) is 5.69 Å². The minimum atomic E-state index is 0.258. The van der Waals surface area contributed by atoms with Gasteiger partial charge in [-0.1, -0.05) is 11.6 Å². The summed E-state index contributed by atoms with van der Waals surface area (Å²) < 4.78 is 1.64. The molecule has 0 atom stereocenters. The SMILES string of the molecule is Cc1ccn(-c2ncnc(Cl)c2CCl)n1. The Bertz CT molecular complexity index is 481. The van der Waals surface area contributed by atoms with Crippen LogP contribution in [0.4, 0.5) is 0 Å². The van der Waals surface area contributed by atoms with E-state index >= 15 is 0 Å². The summed E-state index contributed by atoms with van der Waals surface area (Å²) in [4.78, 5) is 7.99. The van der Waals surface area contributed by atoms with E-state index in [4.69, 9.17) is 23.2 Å². The van der Waals surface area contributed by atoms with Gasteiger partial charge < -0.3 is 0 Å². The zero-order valence-corrected chi connectivity index (χ0v) is 9.50. The molecule has 0 spiro atoms. The molecule has 6 heteroatoms. The van der Waals surface area contributed by atoms with Gasteiger partial charge in [0, 0.05) is 11.8 Å². The van der Waals surface area contributed by atoms with Crippen LogP contribution in [0, 0.1) is 6.92 Å². The van der Waals surface area contributed by atoms with Crippen LogP contribution < -0.4 is 0 Å². The summed E-state index contributed by atoms with van der Waals surface area (Å²) >= 11 is 11.7. The summed E-state index contributed by atoms with van der Waals surface area (Å²) in [6, 6.07) is 1.88. The summed E-state index contributed by atoms with van der Waals surface area (Å²) in [5.74, 6) is 0.881. The first-order valence-electron chi connectivity index (χ1n) is 4.30. The molecule has 0 bridgehead atoms. The lowest BCUT2D eigenvalue weighted by atomic mass is 10.3. The molecule has 78 valence electrons. The highest BCUT2D eigenvalue weighted by molar-refractivity contribution is 6.31. The van der Waals surface area contributed by atoms with Crippen LogP contribution in [0.5, 0.6) is 0 Å². The summed E-state index contributed by atoms with van der Waals surface area (Å²) in [6.45, 7) is 1.90. The third-order valence-corrected chi connectivity index (χ3v) is 2.54. The fraction of sp³-hybridized carbons (Fsp3) is 0.222. The second-order valence-electron chi connectivity index (χ2n) is 3.00. The standard InChI is InChI=1S/C9H8Cl2N4/c1-6-2-3-15(14-6)9-7(4-10)8(11)12-5-13-9/h2-3,5H,4H2,1H3. The summed E-state index contributed by atoms with van der Waals surface area (Å²) in [5, 5.41) is 4.60. The Hall–Kier alpha value is -1.13. The van der Waals surface area contributed by atoms with Crippen LogP contribution >= 0.6 is 23.2 Å². The summed E-state index contributed by atoms with van der Waals surface area (Å²) in [7, 11) is 0. The molecule has 4 nitrogen and oxygen atoms in total. The van der Waals surface area contributed by atoms with E-state index in [1.54, 1.807) is 4.68 Å². The molecular weight excluding hydrogens is 235 g/mol. The molecule has 2 rings (SSSR count). The normalized spacial score (nSPS) is 10.6. The average Bonchev–Trinajstić information content (AvgIpc) is 2.64. The number of halogens is 2. The van der Waals surface area contributed by atoms with Crippen molar-refractivity contribution in [3.05, 3.63) is 35.0 Å². The van der Waals surface area contributed by atoms with Gasteiger partial charge in [-0.15, -0.1) is 11.6 Å². The van der Waals surface area contributed by atoms with Gasteiger partial charge in [-0.3, -0.25) is 0 Å². The third-order valence-electron chi connectivity index (χ3n) is 1.94. The van der Waals surface area contributed by atoms with E-state index in [0.29, 0.717) is 16.5 Å². The number of aryl methyl sites for hydroxylation is 1.